The van der Waals surface area contributed by atoms with Gasteiger partial charge in [-0.15, -0.1) is 0 Å². The van der Waals surface area contributed by atoms with Gasteiger partial charge in [0.15, 0.2) is 5.60 Å². The molecule has 0 bridgehead atoms. The zero-order chi connectivity index (χ0) is 15.5. The molecule has 0 aliphatic carbocycles. The number of rotatable bonds is 4. The van der Waals surface area contributed by atoms with E-state index in [1.54, 1.807) is 43.0 Å². The van der Waals surface area contributed by atoms with Crippen molar-refractivity contribution in [3.05, 3.63) is 29.3 Å². The topological polar surface area (TPSA) is 59.0 Å². The zero-order valence-electron chi connectivity index (χ0n) is 12.2. The number of hydrogen-bond donors (Lipinski definition) is 1. The predicted molar refractivity (Wildman–Crippen MR) is 79.6 cm³/mol. The molecular weight excluding hydrogens is 294 g/mol. The number of amides is 1. The van der Waals surface area contributed by atoms with Crippen molar-refractivity contribution < 1.29 is 19.4 Å². The summed E-state index contributed by atoms with van der Waals surface area (Å²) in [5.41, 5.74) is -1.03. The Bertz CT molecular complexity index is 489. The third-order valence-electron chi connectivity index (χ3n) is 3.40. The van der Waals surface area contributed by atoms with Crippen molar-refractivity contribution in [2.75, 3.05) is 26.4 Å². The van der Waals surface area contributed by atoms with E-state index in [0.717, 1.165) is 0 Å². The molecule has 0 aromatic heterocycles. The number of nitrogens with zero attached hydrogens (tertiary/aromatic N) is 1. The Kier molecular flexibility index (Phi) is 5.08. The Morgan fingerprint density at radius 2 is 2.14 bits per heavy atom. The van der Waals surface area contributed by atoms with Crippen molar-refractivity contribution in [2.45, 2.75) is 25.5 Å². The van der Waals surface area contributed by atoms with E-state index in [9.17, 15) is 9.90 Å². The molecule has 1 atom stereocenters. The molecule has 1 aromatic carbocycles. The highest BCUT2D eigenvalue weighted by Crippen LogP contribution is 2.23. The number of carbonyl (C=O) groups is 1. The van der Waals surface area contributed by atoms with Crippen LogP contribution in [0.1, 0.15) is 13.8 Å². The van der Waals surface area contributed by atoms with Gasteiger partial charge in [-0.05, 0) is 38.1 Å². The molecule has 21 heavy (non-hydrogen) atoms. The number of ether oxygens (including phenoxy) is 2. The van der Waals surface area contributed by atoms with Gasteiger partial charge in [0.1, 0.15) is 5.75 Å². The third kappa shape index (κ3) is 3.87. The second kappa shape index (κ2) is 6.64. The lowest BCUT2D eigenvalue weighted by atomic mass is 10.1. The average Bonchev–Trinajstić information content (AvgIpc) is 2.48. The lowest BCUT2D eigenvalue weighted by Crippen LogP contribution is -2.57. The highest BCUT2D eigenvalue weighted by Gasteiger charge is 2.38. The van der Waals surface area contributed by atoms with Crippen LogP contribution >= 0.6 is 11.6 Å². The highest BCUT2D eigenvalue weighted by atomic mass is 35.5. The molecule has 1 N–H and O–H groups in total. The maximum Gasteiger partial charge on any atom is 0.266 e. The first-order valence-corrected chi connectivity index (χ1v) is 7.26. The van der Waals surface area contributed by atoms with Gasteiger partial charge in [-0.1, -0.05) is 11.6 Å². The van der Waals surface area contributed by atoms with Crippen LogP contribution in [0.25, 0.3) is 0 Å². The minimum atomic E-state index is -1.03. The Labute approximate surface area is 129 Å². The minimum Gasteiger partial charge on any atom is -0.478 e. The number of morpholine rings is 1. The van der Waals surface area contributed by atoms with Crippen LogP contribution in [0, 0.1) is 0 Å². The molecule has 116 valence electrons. The third-order valence-corrected chi connectivity index (χ3v) is 3.65. The first-order chi connectivity index (χ1) is 9.94. The Balaban J connectivity index is 2.10. The van der Waals surface area contributed by atoms with Gasteiger partial charge < -0.3 is 19.5 Å². The maximum atomic E-state index is 12.7. The number of benzene rings is 1. The van der Waals surface area contributed by atoms with E-state index in [2.05, 4.69) is 0 Å². The highest BCUT2D eigenvalue weighted by molar-refractivity contribution is 6.30. The first kappa shape index (κ1) is 16.1. The maximum absolute atomic E-state index is 12.7. The summed E-state index contributed by atoms with van der Waals surface area (Å²) in [7, 11) is 0. The lowest BCUT2D eigenvalue weighted by Gasteiger charge is -2.39. The molecule has 0 saturated carbocycles. The van der Waals surface area contributed by atoms with Gasteiger partial charge in [0.2, 0.25) is 0 Å². The molecule has 5 nitrogen and oxygen atoms in total. The van der Waals surface area contributed by atoms with E-state index in [-0.39, 0.29) is 18.6 Å². The Hall–Kier alpha value is -1.30. The summed E-state index contributed by atoms with van der Waals surface area (Å²) in [6.45, 7) is 4.58. The molecule has 1 unspecified atom stereocenters. The molecule has 1 aromatic rings. The summed E-state index contributed by atoms with van der Waals surface area (Å²) >= 11 is 5.83. The van der Waals surface area contributed by atoms with Gasteiger partial charge in [0, 0.05) is 11.6 Å². The van der Waals surface area contributed by atoms with E-state index in [1.165, 1.54) is 0 Å². The van der Waals surface area contributed by atoms with Crippen LogP contribution in [0.15, 0.2) is 24.3 Å². The van der Waals surface area contributed by atoms with Crippen molar-refractivity contribution in [3.63, 3.8) is 0 Å². The van der Waals surface area contributed by atoms with Crippen molar-refractivity contribution in [1.82, 2.24) is 4.90 Å². The normalized spacial score (nSPS) is 19.4. The van der Waals surface area contributed by atoms with Gasteiger partial charge in [-0.2, -0.15) is 0 Å². The molecule has 1 aliphatic rings. The molecule has 1 saturated heterocycles. The predicted octanol–water partition coefficient (Wildman–Crippen LogP) is 1.72. The van der Waals surface area contributed by atoms with Crippen molar-refractivity contribution >= 4 is 17.5 Å². The number of hydrogen-bond acceptors (Lipinski definition) is 4. The van der Waals surface area contributed by atoms with E-state index < -0.39 is 5.60 Å². The minimum absolute atomic E-state index is 0.122. The summed E-state index contributed by atoms with van der Waals surface area (Å²) in [5, 5.41) is 9.98. The molecule has 0 spiro atoms. The number of aliphatic hydroxyl groups excluding tert-OH is 1. The quantitative estimate of drug-likeness (QED) is 0.919. The Morgan fingerprint density at radius 3 is 2.76 bits per heavy atom. The van der Waals surface area contributed by atoms with E-state index >= 15 is 0 Å². The zero-order valence-corrected chi connectivity index (χ0v) is 13.0. The van der Waals surface area contributed by atoms with Crippen molar-refractivity contribution in [2.24, 2.45) is 0 Å². The fraction of sp³-hybridized carbons (Fsp3) is 0.533. The Morgan fingerprint density at radius 1 is 1.48 bits per heavy atom. The van der Waals surface area contributed by atoms with Gasteiger partial charge >= 0.3 is 0 Å². The summed E-state index contributed by atoms with van der Waals surface area (Å²) in [4.78, 5) is 14.3. The van der Waals surface area contributed by atoms with E-state index in [4.69, 9.17) is 21.1 Å². The van der Waals surface area contributed by atoms with Crippen LogP contribution < -0.4 is 4.74 Å². The number of carbonyl (C=O) groups excluding carboxylic acids is 1. The number of aliphatic hydroxyl groups is 1. The lowest BCUT2D eigenvalue weighted by molar-refractivity contribution is -0.155. The van der Waals surface area contributed by atoms with Gasteiger partial charge in [-0.25, -0.2) is 0 Å². The summed E-state index contributed by atoms with van der Waals surface area (Å²) < 4.78 is 11.1. The molecule has 1 aliphatic heterocycles. The molecule has 1 heterocycles. The van der Waals surface area contributed by atoms with Crippen LogP contribution in [-0.2, 0) is 9.53 Å². The van der Waals surface area contributed by atoms with E-state index in [0.29, 0.717) is 30.5 Å². The fourth-order valence-corrected chi connectivity index (χ4v) is 2.39. The van der Waals surface area contributed by atoms with Gasteiger partial charge in [-0.3, -0.25) is 4.79 Å². The van der Waals surface area contributed by atoms with E-state index in [1.807, 2.05) is 0 Å². The first-order valence-electron chi connectivity index (χ1n) is 6.88. The SMILES string of the molecule is CC(C)(Oc1ccc(Cl)cc1)C(=O)N1CCOCC1CO. The molecular formula is C15H20ClNO4. The second-order valence-electron chi connectivity index (χ2n) is 5.48. The van der Waals surface area contributed by atoms with Crippen LogP contribution in [0.5, 0.6) is 5.75 Å². The summed E-state index contributed by atoms with van der Waals surface area (Å²) in [6.07, 6.45) is 0. The standard InChI is InChI=1S/C15H20ClNO4/c1-15(2,21-13-5-3-11(16)4-6-13)14(19)17-7-8-20-10-12(17)9-18/h3-6,12,18H,7-10H2,1-2H3. The molecule has 1 fully saturated rings. The average molecular weight is 314 g/mol. The van der Waals surface area contributed by atoms with Gasteiger partial charge in [0.05, 0.1) is 25.9 Å². The smallest absolute Gasteiger partial charge is 0.266 e. The van der Waals surface area contributed by atoms with Crippen LogP contribution in [0.3, 0.4) is 0 Å². The van der Waals surface area contributed by atoms with Crippen molar-refractivity contribution in [3.8, 4) is 5.75 Å². The monoisotopic (exact) mass is 313 g/mol. The van der Waals surface area contributed by atoms with Crippen molar-refractivity contribution in [1.29, 1.82) is 0 Å². The number of halogens is 1. The van der Waals surface area contributed by atoms with Crippen LogP contribution in [0.4, 0.5) is 0 Å². The second-order valence-corrected chi connectivity index (χ2v) is 5.91. The fourth-order valence-electron chi connectivity index (χ4n) is 2.26. The largest absolute Gasteiger partial charge is 0.478 e. The summed E-state index contributed by atoms with van der Waals surface area (Å²) in [6, 6.07) is 6.55. The van der Waals surface area contributed by atoms with Crippen LogP contribution in [0.2, 0.25) is 5.02 Å². The molecule has 1 amide bonds. The van der Waals surface area contributed by atoms with Crippen LogP contribution in [-0.4, -0.2) is 53.9 Å². The molecule has 0 radical (unpaired) electrons. The summed E-state index contributed by atoms with van der Waals surface area (Å²) in [5.74, 6) is 0.409. The molecule has 2 rings (SSSR count). The molecule has 6 heteroatoms. The van der Waals surface area contributed by atoms with Gasteiger partial charge in [0.25, 0.3) is 5.91 Å².